The van der Waals surface area contributed by atoms with Crippen LogP contribution in [-0.4, -0.2) is 88.3 Å². The van der Waals surface area contributed by atoms with Crippen molar-refractivity contribution in [2.45, 2.75) is 25.5 Å². The van der Waals surface area contributed by atoms with Gasteiger partial charge in [0, 0.05) is 57.0 Å². The normalized spacial score (nSPS) is 20.2. The van der Waals surface area contributed by atoms with Crippen molar-refractivity contribution < 1.29 is 24.2 Å². The molecule has 4 heterocycles. The highest BCUT2D eigenvalue weighted by Gasteiger charge is 2.42. The van der Waals surface area contributed by atoms with Gasteiger partial charge in [0.1, 0.15) is 0 Å². The van der Waals surface area contributed by atoms with Crippen molar-refractivity contribution in [1.82, 2.24) is 19.2 Å². The first-order valence-corrected chi connectivity index (χ1v) is 12.5. The Morgan fingerprint density at radius 1 is 1.22 bits per heavy atom. The van der Waals surface area contributed by atoms with E-state index in [-0.39, 0.29) is 24.8 Å². The number of amides is 1. The molecule has 1 N–H and O–H groups in total. The molecule has 0 bridgehead atoms. The van der Waals surface area contributed by atoms with E-state index in [9.17, 15) is 14.7 Å². The summed E-state index contributed by atoms with van der Waals surface area (Å²) in [6.45, 7) is 6.39. The Morgan fingerprint density at radius 2 is 2.03 bits per heavy atom. The van der Waals surface area contributed by atoms with Crippen molar-refractivity contribution >= 4 is 17.4 Å². The number of fused-ring (bicyclic) bond motifs is 1. The Morgan fingerprint density at radius 3 is 2.76 bits per heavy atom. The SMILES string of the molecule is CCOC(=O)c1nc(-c2cccc(C#C[C@]3(O)CCN(C)C3=O)c2)c2ccc(CN3CCOCC3)cn12. The molecular weight excluding hydrogens is 472 g/mol. The maximum Gasteiger partial charge on any atom is 0.374 e. The number of benzene rings is 1. The average Bonchev–Trinajstić information content (AvgIpc) is 3.41. The molecule has 0 unspecified atom stereocenters. The first-order chi connectivity index (χ1) is 17.9. The lowest BCUT2D eigenvalue weighted by molar-refractivity contribution is -0.137. The molecule has 1 amide bonds. The molecule has 1 aromatic carbocycles. The molecule has 9 nitrogen and oxygen atoms in total. The molecule has 2 saturated heterocycles. The van der Waals surface area contributed by atoms with Gasteiger partial charge in [0.2, 0.25) is 11.4 Å². The second kappa shape index (κ2) is 10.3. The van der Waals surface area contributed by atoms with Gasteiger partial charge in [-0.05, 0) is 30.7 Å². The van der Waals surface area contributed by atoms with E-state index in [4.69, 9.17) is 9.47 Å². The molecule has 2 aliphatic rings. The zero-order chi connectivity index (χ0) is 26.0. The van der Waals surface area contributed by atoms with Crippen LogP contribution in [0.5, 0.6) is 0 Å². The molecule has 0 saturated carbocycles. The lowest BCUT2D eigenvalue weighted by Crippen LogP contribution is -2.37. The predicted molar refractivity (Wildman–Crippen MR) is 137 cm³/mol. The van der Waals surface area contributed by atoms with Crippen LogP contribution >= 0.6 is 0 Å². The summed E-state index contributed by atoms with van der Waals surface area (Å²) in [5.41, 5.74) is 2.19. The fourth-order valence-corrected chi connectivity index (χ4v) is 4.68. The number of rotatable bonds is 5. The zero-order valence-corrected chi connectivity index (χ0v) is 21.1. The molecule has 3 aromatic rings. The number of ether oxygens (including phenoxy) is 2. The van der Waals surface area contributed by atoms with Crippen molar-refractivity contribution in [3.05, 3.63) is 59.5 Å². The first kappa shape index (κ1) is 25.0. The van der Waals surface area contributed by atoms with Crippen LogP contribution in [0.3, 0.4) is 0 Å². The zero-order valence-electron chi connectivity index (χ0n) is 21.1. The third-order valence-electron chi connectivity index (χ3n) is 6.73. The van der Waals surface area contributed by atoms with Gasteiger partial charge in [0.25, 0.3) is 5.91 Å². The number of likely N-dealkylation sites (tertiary alicyclic amines) is 1. The largest absolute Gasteiger partial charge is 0.460 e. The van der Waals surface area contributed by atoms with Gasteiger partial charge in [-0.2, -0.15) is 0 Å². The van der Waals surface area contributed by atoms with Gasteiger partial charge in [-0.25, -0.2) is 9.78 Å². The number of hydrogen-bond acceptors (Lipinski definition) is 7. The van der Waals surface area contributed by atoms with Crippen LogP contribution in [0, 0.1) is 11.8 Å². The quantitative estimate of drug-likeness (QED) is 0.421. The van der Waals surface area contributed by atoms with Crippen molar-refractivity contribution in [2.24, 2.45) is 0 Å². The lowest BCUT2D eigenvalue weighted by Gasteiger charge is -2.26. The van der Waals surface area contributed by atoms with Crippen LogP contribution in [-0.2, 0) is 20.8 Å². The average molecular weight is 503 g/mol. The number of carbonyl (C=O) groups is 2. The molecule has 37 heavy (non-hydrogen) atoms. The third kappa shape index (κ3) is 5.09. The third-order valence-corrected chi connectivity index (χ3v) is 6.73. The summed E-state index contributed by atoms with van der Waals surface area (Å²) in [5, 5.41) is 10.6. The highest BCUT2D eigenvalue weighted by atomic mass is 16.5. The van der Waals surface area contributed by atoms with Crippen LogP contribution < -0.4 is 0 Å². The Balaban J connectivity index is 1.51. The number of likely N-dealkylation sites (N-methyl/N-ethyl adjacent to an activating group) is 1. The molecule has 1 atom stereocenters. The number of carbonyl (C=O) groups excluding carboxylic acids is 2. The van der Waals surface area contributed by atoms with Crippen LogP contribution in [0.4, 0.5) is 0 Å². The van der Waals surface area contributed by atoms with Crippen molar-refractivity contribution in [3.8, 4) is 23.1 Å². The van der Waals surface area contributed by atoms with Gasteiger partial charge in [-0.15, -0.1) is 0 Å². The number of nitrogens with zero attached hydrogens (tertiary/aromatic N) is 4. The summed E-state index contributed by atoms with van der Waals surface area (Å²) >= 11 is 0. The lowest BCUT2D eigenvalue weighted by atomic mass is 10.0. The number of imidazole rings is 1. The molecular formula is C28H30N4O5. The van der Waals surface area contributed by atoms with E-state index in [1.165, 1.54) is 4.90 Å². The van der Waals surface area contributed by atoms with Crippen LogP contribution in [0.2, 0.25) is 0 Å². The molecule has 2 aliphatic heterocycles. The molecule has 5 rings (SSSR count). The second-order valence-corrected chi connectivity index (χ2v) is 9.35. The maximum absolute atomic E-state index is 12.8. The topological polar surface area (TPSA) is 96.6 Å². The van der Waals surface area contributed by atoms with Gasteiger partial charge in [0.05, 0.1) is 31.0 Å². The number of esters is 1. The Kier molecular flexibility index (Phi) is 6.98. The highest BCUT2D eigenvalue weighted by molar-refractivity contribution is 5.91. The summed E-state index contributed by atoms with van der Waals surface area (Å²) in [4.78, 5) is 33.5. The van der Waals surface area contributed by atoms with Crippen molar-refractivity contribution in [1.29, 1.82) is 0 Å². The predicted octanol–water partition coefficient (Wildman–Crippen LogP) is 1.95. The molecule has 0 radical (unpaired) electrons. The van der Waals surface area contributed by atoms with E-state index in [1.54, 1.807) is 18.4 Å². The molecule has 2 fully saturated rings. The van der Waals surface area contributed by atoms with Gasteiger partial charge in [-0.1, -0.05) is 30.0 Å². The summed E-state index contributed by atoms with van der Waals surface area (Å²) in [7, 11) is 1.65. The van der Waals surface area contributed by atoms with Crippen molar-refractivity contribution in [2.75, 3.05) is 46.5 Å². The smallest absolute Gasteiger partial charge is 0.374 e. The van der Waals surface area contributed by atoms with E-state index in [2.05, 4.69) is 21.7 Å². The van der Waals surface area contributed by atoms with E-state index in [0.717, 1.165) is 36.3 Å². The number of aromatic nitrogens is 2. The number of hydrogen-bond donors (Lipinski definition) is 1. The molecule has 192 valence electrons. The van der Waals surface area contributed by atoms with E-state index >= 15 is 0 Å². The van der Waals surface area contributed by atoms with E-state index in [1.807, 2.05) is 42.6 Å². The monoisotopic (exact) mass is 502 g/mol. The Bertz CT molecular complexity index is 1400. The first-order valence-electron chi connectivity index (χ1n) is 12.5. The summed E-state index contributed by atoms with van der Waals surface area (Å²) < 4.78 is 12.5. The van der Waals surface area contributed by atoms with Crippen LogP contribution in [0.1, 0.15) is 35.1 Å². The Hall–Kier alpha value is -3.71. The summed E-state index contributed by atoms with van der Waals surface area (Å²) in [6.07, 6.45) is 2.21. The number of aliphatic hydroxyl groups is 1. The molecule has 9 heteroatoms. The van der Waals surface area contributed by atoms with Gasteiger partial charge in [-0.3, -0.25) is 14.1 Å². The maximum atomic E-state index is 12.8. The minimum Gasteiger partial charge on any atom is -0.460 e. The van der Waals surface area contributed by atoms with Gasteiger partial charge in [0.15, 0.2) is 0 Å². The van der Waals surface area contributed by atoms with Crippen LogP contribution in [0.25, 0.3) is 16.8 Å². The molecule has 2 aromatic heterocycles. The molecule has 0 aliphatic carbocycles. The fourth-order valence-electron chi connectivity index (χ4n) is 4.68. The standard InChI is InChI=1S/C28H30N4O5/c1-3-37-26(33)25-29-24(23-8-7-21(19-32(23)25)18-31-13-15-36-16-14-31)22-6-4-5-20(17-22)9-10-28(35)11-12-30(2)27(28)34/h4-8,17,19,35H,3,11-16,18H2,1-2H3/t28-/m0/s1. The minimum absolute atomic E-state index is 0.209. The number of pyridine rings is 1. The fraction of sp³-hybridized carbons (Fsp3) is 0.393. The van der Waals surface area contributed by atoms with E-state index in [0.29, 0.717) is 31.0 Å². The summed E-state index contributed by atoms with van der Waals surface area (Å²) in [6, 6.07) is 11.4. The van der Waals surface area contributed by atoms with Crippen LogP contribution in [0.15, 0.2) is 42.6 Å². The van der Waals surface area contributed by atoms with E-state index < -0.39 is 11.6 Å². The highest BCUT2D eigenvalue weighted by Crippen LogP contribution is 2.27. The minimum atomic E-state index is -1.67. The Labute approximate surface area is 215 Å². The van der Waals surface area contributed by atoms with Gasteiger partial charge >= 0.3 is 5.97 Å². The molecule has 0 spiro atoms. The summed E-state index contributed by atoms with van der Waals surface area (Å²) in [5.74, 6) is 5.04. The van der Waals surface area contributed by atoms with Gasteiger partial charge < -0.3 is 19.5 Å². The number of morpholine rings is 1. The second-order valence-electron chi connectivity index (χ2n) is 9.35. The van der Waals surface area contributed by atoms with Crippen molar-refractivity contribution in [3.63, 3.8) is 0 Å².